The third-order valence-electron chi connectivity index (χ3n) is 11.9. The fraction of sp³-hybridized carbons (Fsp3) is 0.938. The highest BCUT2D eigenvalue weighted by Gasteiger charge is 2.50. The fourth-order valence-electron chi connectivity index (χ4n) is 8.22. The van der Waals surface area contributed by atoms with Crippen LogP contribution in [0.1, 0.15) is 233 Å². The molecule has 0 saturated carbocycles. The Balaban J connectivity index is 3.13. The maximum absolute atomic E-state index is 13.8. The number of esters is 3. The van der Waals surface area contributed by atoms with Crippen LogP contribution in [-0.2, 0) is 42.4 Å². The monoisotopic (exact) mass is 922 g/mol. The zero-order valence-electron chi connectivity index (χ0n) is 40.0. The van der Waals surface area contributed by atoms with Gasteiger partial charge in [-0.15, -0.1) is 0 Å². The van der Waals surface area contributed by atoms with E-state index >= 15 is 0 Å². The summed E-state index contributed by atoms with van der Waals surface area (Å²) in [6, 6.07) is -1.25. The van der Waals surface area contributed by atoms with Crippen LogP contribution in [0.15, 0.2) is 0 Å². The molecule has 1 aliphatic heterocycles. The Morgan fingerprint density at radius 2 is 0.984 bits per heavy atom. The lowest BCUT2D eigenvalue weighted by atomic mass is 9.96. The number of carbonyl (C=O) groups is 3. The van der Waals surface area contributed by atoms with Crippen molar-refractivity contribution in [2.45, 2.75) is 276 Å². The van der Waals surface area contributed by atoms with E-state index in [1.54, 1.807) is 0 Å². The second kappa shape index (κ2) is 38.5. The van der Waals surface area contributed by atoms with Gasteiger partial charge in [0.05, 0.1) is 19.1 Å². The summed E-state index contributed by atoms with van der Waals surface area (Å²) in [6.07, 6.45) is 21.8. The predicted octanol–water partition coefficient (Wildman–Crippen LogP) is 10.4. The molecule has 0 radical (unpaired) electrons. The maximum atomic E-state index is 13.8. The van der Waals surface area contributed by atoms with Gasteiger partial charge in [-0.3, -0.25) is 18.9 Å². The van der Waals surface area contributed by atoms with Crippen molar-refractivity contribution in [3.8, 4) is 0 Å². The van der Waals surface area contributed by atoms with Gasteiger partial charge in [-0.2, -0.15) is 0 Å². The Hall–Kier alpha value is -1.64. The number of phosphoric ester groups is 1. The van der Waals surface area contributed by atoms with Gasteiger partial charge in [-0.25, -0.2) is 4.57 Å². The predicted molar refractivity (Wildman–Crippen MR) is 247 cm³/mol. The maximum Gasteiger partial charge on any atom is 0.470 e. The first-order valence-corrected chi connectivity index (χ1v) is 26.9. The summed E-state index contributed by atoms with van der Waals surface area (Å²) >= 11 is 0. The van der Waals surface area contributed by atoms with Crippen molar-refractivity contribution < 1.29 is 62.4 Å². The molecule has 1 saturated heterocycles. The molecule has 15 heteroatoms. The first-order chi connectivity index (χ1) is 30.4. The van der Waals surface area contributed by atoms with E-state index in [9.17, 15) is 38.9 Å². The number of aliphatic hydroxyl groups excluding tert-OH is 2. The smallest absolute Gasteiger partial charge is 0.462 e. The van der Waals surface area contributed by atoms with Crippen LogP contribution in [0.3, 0.4) is 0 Å². The minimum atomic E-state index is -5.23. The summed E-state index contributed by atoms with van der Waals surface area (Å²) in [7, 11) is -5.23. The van der Waals surface area contributed by atoms with Crippen LogP contribution in [0.5, 0.6) is 0 Å². The van der Waals surface area contributed by atoms with Gasteiger partial charge in [0.15, 0.2) is 12.4 Å². The number of phosphoric acid groups is 1. The van der Waals surface area contributed by atoms with E-state index in [0.29, 0.717) is 32.1 Å². The zero-order chi connectivity index (χ0) is 46.6. The van der Waals surface area contributed by atoms with Gasteiger partial charge >= 0.3 is 25.7 Å². The van der Waals surface area contributed by atoms with Crippen molar-refractivity contribution in [1.82, 2.24) is 5.32 Å². The lowest BCUT2D eigenvalue weighted by molar-refractivity contribution is -0.256. The lowest BCUT2D eigenvalue weighted by Crippen LogP contribution is -2.65. The fourth-order valence-corrected chi connectivity index (χ4v) is 8.79. The van der Waals surface area contributed by atoms with Crippen LogP contribution >= 0.6 is 7.82 Å². The van der Waals surface area contributed by atoms with E-state index in [1.165, 1.54) is 70.6 Å². The SMILES string of the molecule is CCCCCCCCCCC[C@@H](CCN[C@H]1[C@@H](OC(=O)C[C@@H](CCCCCCCCCCC)OC(=O)CCCCCC)[C@H](OP(=O)(O)O)[C@@H](CO)O[C@@H]1O)OC(=O)CCCCCC. The Morgan fingerprint density at radius 3 is 1.43 bits per heavy atom. The largest absolute Gasteiger partial charge is 0.470 e. The molecule has 1 fully saturated rings. The number of ether oxygens (including phenoxy) is 4. The third-order valence-corrected chi connectivity index (χ3v) is 12.5. The van der Waals surface area contributed by atoms with Crippen LogP contribution in [0.25, 0.3) is 0 Å². The van der Waals surface area contributed by atoms with E-state index in [2.05, 4.69) is 33.0 Å². The van der Waals surface area contributed by atoms with Crippen LogP contribution in [0.2, 0.25) is 0 Å². The van der Waals surface area contributed by atoms with Crippen molar-refractivity contribution in [2.75, 3.05) is 13.2 Å². The molecule has 7 atom stereocenters. The highest BCUT2D eigenvalue weighted by molar-refractivity contribution is 7.46. The minimum absolute atomic E-state index is 0.160. The van der Waals surface area contributed by atoms with Crippen molar-refractivity contribution in [3.63, 3.8) is 0 Å². The molecule has 1 rings (SSSR count). The van der Waals surface area contributed by atoms with E-state index in [4.69, 9.17) is 23.5 Å². The standard InChI is InChI=1S/C48H92NO13P/c1-5-9-13-17-19-21-23-25-27-31-39(58-42(51)33-29-15-11-7-3)35-36-49-45-47(46(62-63(55,56)57)41(38-50)60-48(45)54)61-44(53)37-40(59-43(52)34-30-16-12-8-4)32-28-26-24-22-20-18-14-10-6-2/h39-41,45-50,54H,5-38H2,1-4H3,(H2,55,56,57)/t39-,40+,41+,45-,46+,47+,48-/m0/s1. The van der Waals surface area contributed by atoms with Crippen molar-refractivity contribution in [3.05, 3.63) is 0 Å². The summed E-state index contributed by atoms with van der Waals surface area (Å²) in [5.41, 5.74) is 0. The summed E-state index contributed by atoms with van der Waals surface area (Å²) in [6.45, 7) is 7.97. The van der Waals surface area contributed by atoms with Gasteiger partial charge < -0.3 is 44.3 Å². The molecular formula is C48H92NO13P. The normalized spacial score (nSPS) is 20.0. The lowest BCUT2D eigenvalue weighted by Gasteiger charge is -2.44. The van der Waals surface area contributed by atoms with Gasteiger partial charge in [0.1, 0.15) is 24.4 Å². The number of carbonyl (C=O) groups excluding carboxylic acids is 3. The van der Waals surface area contributed by atoms with Gasteiger partial charge in [0.2, 0.25) is 0 Å². The molecule has 1 aliphatic rings. The first-order valence-electron chi connectivity index (χ1n) is 25.4. The third kappa shape index (κ3) is 31.1. The quantitative estimate of drug-likeness (QED) is 0.0167. The molecule has 0 aromatic carbocycles. The number of rotatable bonds is 42. The summed E-state index contributed by atoms with van der Waals surface area (Å²) in [5, 5.41) is 24.5. The molecule has 5 N–H and O–H groups in total. The molecule has 372 valence electrons. The van der Waals surface area contributed by atoms with E-state index in [0.717, 1.165) is 89.9 Å². The van der Waals surface area contributed by atoms with Crippen LogP contribution in [-0.4, -0.2) is 93.9 Å². The first kappa shape index (κ1) is 59.4. The number of unbranched alkanes of at least 4 members (excludes halogenated alkanes) is 22. The molecule has 0 aromatic rings. The Bertz CT molecular complexity index is 1190. The zero-order valence-corrected chi connectivity index (χ0v) is 40.9. The van der Waals surface area contributed by atoms with Crippen molar-refractivity contribution in [2.24, 2.45) is 0 Å². The van der Waals surface area contributed by atoms with E-state index in [-0.39, 0.29) is 25.4 Å². The van der Waals surface area contributed by atoms with Gasteiger partial charge in [0, 0.05) is 12.8 Å². The van der Waals surface area contributed by atoms with Gasteiger partial charge in [-0.05, 0) is 51.5 Å². The number of hydrogen-bond acceptors (Lipinski definition) is 12. The van der Waals surface area contributed by atoms with Gasteiger partial charge in [0.25, 0.3) is 0 Å². The van der Waals surface area contributed by atoms with Crippen LogP contribution in [0.4, 0.5) is 0 Å². The van der Waals surface area contributed by atoms with Crippen LogP contribution < -0.4 is 5.32 Å². The number of nitrogens with one attached hydrogen (secondary N) is 1. The summed E-state index contributed by atoms with van der Waals surface area (Å²) in [4.78, 5) is 59.3. The molecule has 0 aliphatic carbocycles. The molecule has 0 unspecified atom stereocenters. The Kier molecular flexibility index (Phi) is 36.3. The Morgan fingerprint density at radius 1 is 0.571 bits per heavy atom. The second-order valence-electron chi connectivity index (χ2n) is 17.8. The number of aliphatic hydroxyl groups is 2. The molecule has 0 spiro atoms. The van der Waals surface area contributed by atoms with Crippen LogP contribution in [0, 0.1) is 0 Å². The molecule has 14 nitrogen and oxygen atoms in total. The Labute approximate surface area is 381 Å². The molecule has 0 amide bonds. The topological polar surface area (TPSA) is 207 Å². The average molecular weight is 922 g/mol. The van der Waals surface area contributed by atoms with Crippen molar-refractivity contribution >= 4 is 25.7 Å². The molecule has 1 heterocycles. The number of hydrogen-bond donors (Lipinski definition) is 5. The molecule has 63 heavy (non-hydrogen) atoms. The van der Waals surface area contributed by atoms with Gasteiger partial charge in [-0.1, -0.05) is 169 Å². The molecule has 0 bridgehead atoms. The average Bonchev–Trinajstić information content (AvgIpc) is 3.23. The summed E-state index contributed by atoms with van der Waals surface area (Å²) < 4.78 is 40.6. The highest BCUT2D eigenvalue weighted by atomic mass is 31.2. The minimum Gasteiger partial charge on any atom is -0.462 e. The second-order valence-corrected chi connectivity index (χ2v) is 19.0. The summed E-state index contributed by atoms with van der Waals surface area (Å²) in [5.74, 6) is -1.49. The molecular weight excluding hydrogens is 829 g/mol. The highest BCUT2D eigenvalue weighted by Crippen LogP contribution is 2.42. The van der Waals surface area contributed by atoms with E-state index in [1.807, 2.05) is 0 Å². The van der Waals surface area contributed by atoms with E-state index < -0.39 is 69.2 Å². The molecule has 0 aromatic heterocycles. The van der Waals surface area contributed by atoms with Crippen molar-refractivity contribution in [1.29, 1.82) is 0 Å².